The molecule has 0 aromatic carbocycles. The van der Waals surface area contributed by atoms with Gasteiger partial charge in [-0.15, -0.1) is 0 Å². The zero-order chi connectivity index (χ0) is 16.3. The maximum absolute atomic E-state index is 12.6. The number of nitrogens with zero attached hydrogens (tertiary/aromatic N) is 3. The summed E-state index contributed by atoms with van der Waals surface area (Å²) in [6.45, 7) is 9.96. The number of nitrogen functional groups attached to an aromatic ring is 1. The second-order valence-electron chi connectivity index (χ2n) is 6.92. The summed E-state index contributed by atoms with van der Waals surface area (Å²) in [5.74, 6) is 1.57. The van der Waals surface area contributed by atoms with Crippen LogP contribution in [0.1, 0.15) is 40.5 Å². The SMILES string of the molecule is CC(C)C(C)(C)NC(=O)C1CCCN(c2ccnc(N)n2)C1. The van der Waals surface area contributed by atoms with Gasteiger partial charge in [-0.3, -0.25) is 4.79 Å². The smallest absolute Gasteiger partial charge is 0.225 e. The van der Waals surface area contributed by atoms with E-state index in [2.05, 4.69) is 47.9 Å². The minimum absolute atomic E-state index is 0.0111. The number of amides is 1. The molecule has 1 atom stereocenters. The van der Waals surface area contributed by atoms with Crippen LogP contribution in [0.2, 0.25) is 0 Å². The molecule has 3 N–H and O–H groups in total. The number of carbonyl (C=O) groups is 1. The summed E-state index contributed by atoms with van der Waals surface area (Å²) >= 11 is 0. The largest absolute Gasteiger partial charge is 0.368 e. The zero-order valence-electron chi connectivity index (χ0n) is 14.0. The van der Waals surface area contributed by atoms with Crippen molar-refractivity contribution in [2.75, 3.05) is 23.7 Å². The van der Waals surface area contributed by atoms with Crippen molar-refractivity contribution in [2.45, 2.75) is 46.1 Å². The van der Waals surface area contributed by atoms with Crippen LogP contribution in [0.25, 0.3) is 0 Å². The molecule has 1 fully saturated rings. The number of nitrogens with two attached hydrogens (primary N) is 1. The maximum Gasteiger partial charge on any atom is 0.225 e. The van der Waals surface area contributed by atoms with E-state index in [1.807, 2.05) is 6.07 Å². The van der Waals surface area contributed by atoms with Crippen LogP contribution in [0.3, 0.4) is 0 Å². The summed E-state index contributed by atoms with van der Waals surface area (Å²) in [7, 11) is 0. The van der Waals surface area contributed by atoms with Gasteiger partial charge in [-0.2, -0.15) is 4.98 Å². The van der Waals surface area contributed by atoms with Crippen LogP contribution in [0, 0.1) is 11.8 Å². The van der Waals surface area contributed by atoms with Crippen molar-refractivity contribution in [3.63, 3.8) is 0 Å². The van der Waals surface area contributed by atoms with Gasteiger partial charge in [0.1, 0.15) is 5.82 Å². The molecule has 1 aliphatic rings. The van der Waals surface area contributed by atoms with E-state index in [1.165, 1.54) is 0 Å². The van der Waals surface area contributed by atoms with E-state index in [9.17, 15) is 4.79 Å². The first-order valence-electron chi connectivity index (χ1n) is 7.95. The number of anilines is 2. The average molecular weight is 305 g/mol. The molecule has 22 heavy (non-hydrogen) atoms. The van der Waals surface area contributed by atoms with Gasteiger partial charge in [-0.1, -0.05) is 13.8 Å². The van der Waals surface area contributed by atoms with E-state index in [0.29, 0.717) is 12.5 Å². The molecule has 1 aliphatic heterocycles. The second-order valence-corrected chi connectivity index (χ2v) is 6.92. The number of carbonyl (C=O) groups excluding carboxylic acids is 1. The summed E-state index contributed by atoms with van der Waals surface area (Å²) in [4.78, 5) is 22.9. The molecule has 0 radical (unpaired) electrons. The quantitative estimate of drug-likeness (QED) is 0.886. The third-order valence-corrected chi connectivity index (χ3v) is 4.66. The van der Waals surface area contributed by atoms with E-state index in [-0.39, 0.29) is 23.3 Å². The highest BCUT2D eigenvalue weighted by molar-refractivity contribution is 5.80. The van der Waals surface area contributed by atoms with Crippen molar-refractivity contribution in [3.05, 3.63) is 12.3 Å². The summed E-state index contributed by atoms with van der Waals surface area (Å²) < 4.78 is 0. The Bertz CT molecular complexity index is 529. The van der Waals surface area contributed by atoms with Crippen molar-refractivity contribution in [1.29, 1.82) is 0 Å². The summed E-state index contributed by atoms with van der Waals surface area (Å²) in [5, 5.41) is 3.19. The summed E-state index contributed by atoms with van der Waals surface area (Å²) in [5.41, 5.74) is 5.45. The third-order valence-electron chi connectivity index (χ3n) is 4.66. The molecule has 0 aliphatic carbocycles. The molecule has 1 aromatic rings. The van der Waals surface area contributed by atoms with Crippen molar-refractivity contribution in [1.82, 2.24) is 15.3 Å². The van der Waals surface area contributed by atoms with Crippen molar-refractivity contribution in [3.8, 4) is 0 Å². The molecule has 0 spiro atoms. The van der Waals surface area contributed by atoms with Gasteiger partial charge in [-0.25, -0.2) is 4.98 Å². The molecular formula is C16H27N5O. The Labute approximate surface area is 132 Å². The van der Waals surface area contributed by atoms with E-state index >= 15 is 0 Å². The number of hydrogen-bond acceptors (Lipinski definition) is 5. The fourth-order valence-electron chi connectivity index (χ4n) is 2.50. The highest BCUT2D eigenvalue weighted by Crippen LogP contribution is 2.23. The van der Waals surface area contributed by atoms with Gasteiger partial charge in [0.25, 0.3) is 0 Å². The lowest BCUT2D eigenvalue weighted by molar-refractivity contribution is -0.127. The highest BCUT2D eigenvalue weighted by atomic mass is 16.2. The molecule has 122 valence electrons. The second kappa shape index (κ2) is 6.50. The molecule has 1 amide bonds. The highest BCUT2D eigenvalue weighted by Gasteiger charge is 2.31. The van der Waals surface area contributed by atoms with Gasteiger partial charge in [0.15, 0.2) is 0 Å². The molecule has 2 rings (SSSR count). The minimum Gasteiger partial charge on any atom is -0.368 e. The Balaban J connectivity index is 2.03. The van der Waals surface area contributed by atoms with Crippen molar-refractivity contribution in [2.24, 2.45) is 11.8 Å². The van der Waals surface area contributed by atoms with E-state index in [1.54, 1.807) is 6.20 Å². The molecule has 6 nitrogen and oxygen atoms in total. The number of piperidine rings is 1. The first-order chi connectivity index (χ1) is 10.3. The molecule has 1 saturated heterocycles. The van der Waals surface area contributed by atoms with Gasteiger partial charge < -0.3 is 16.0 Å². The number of hydrogen-bond donors (Lipinski definition) is 2. The maximum atomic E-state index is 12.6. The number of aromatic nitrogens is 2. The Morgan fingerprint density at radius 2 is 2.23 bits per heavy atom. The van der Waals surface area contributed by atoms with Crippen LogP contribution >= 0.6 is 0 Å². The summed E-state index contributed by atoms with van der Waals surface area (Å²) in [6.07, 6.45) is 3.55. The number of nitrogens with one attached hydrogen (secondary N) is 1. The standard InChI is InChI=1S/C16H27N5O/c1-11(2)16(3,4)20-14(22)12-6-5-9-21(10-12)13-7-8-18-15(17)19-13/h7-8,11-12H,5-6,9-10H2,1-4H3,(H,20,22)(H2,17,18,19). The van der Waals surface area contributed by atoms with Gasteiger partial charge in [0.05, 0.1) is 5.92 Å². The van der Waals surface area contributed by atoms with Crippen LogP contribution in [0.5, 0.6) is 0 Å². The molecule has 1 aromatic heterocycles. The monoisotopic (exact) mass is 305 g/mol. The van der Waals surface area contributed by atoms with Gasteiger partial charge in [0.2, 0.25) is 11.9 Å². The Hall–Kier alpha value is -1.85. The first-order valence-corrected chi connectivity index (χ1v) is 7.95. The number of rotatable bonds is 4. The summed E-state index contributed by atoms with van der Waals surface area (Å²) in [6, 6.07) is 1.84. The van der Waals surface area contributed by atoms with Crippen LogP contribution < -0.4 is 16.0 Å². The fraction of sp³-hybridized carbons (Fsp3) is 0.688. The predicted octanol–water partition coefficient (Wildman–Crippen LogP) is 1.83. The van der Waals surface area contributed by atoms with Crippen LogP contribution in [0.4, 0.5) is 11.8 Å². The lowest BCUT2D eigenvalue weighted by Crippen LogP contribution is -2.52. The van der Waals surface area contributed by atoms with E-state index in [4.69, 9.17) is 5.73 Å². The van der Waals surface area contributed by atoms with Crippen molar-refractivity contribution < 1.29 is 4.79 Å². The normalized spacial score (nSPS) is 19.3. The average Bonchev–Trinajstić information content (AvgIpc) is 2.47. The lowest BCUT2D eigenvalue weighted by Gasteiger charge is -2.36. The predicted molar refractivity (Wildman–Crippen MR) is 88.4 cm³/mol. The Kier molecular flexibility index (Phi) is 4.88. The van der Waals surface area contributed by atoms with Crippen molar-refractivity contribution >= 4 is 17.7 Å². The van der Waals surface area contributed by atoms with E-state index in [0.717, 1.165) is 25.2 Å². The third kappa shape index (κ3) is 3.87. The van der Waals surface area contributed by atoms with Gasteiger partial charge >= 0.3 is 0 Å². The topological polar surface area (TPSA) is 84.1 Å². The molecule has 0 bridgehead atoms. The Morgan fingerprint density at radius 3 is 2.86 bits per heavy atom. The van der Waals surface area contributed by atoms with Crippen LogP contribution in [-0.2, 0) is 4.79 Å². The van der Waals surface area contributed by atoms with Crippen LogP contribution in [-0.4, -0.2) is 34.5 Å². The molecular weight excluding hydrogens is 278 g/mol. The fourth-order valence-corrected chi connectivity index (χ4v) is 2.50. The van der Waals surface area contributed by atoms with Gasteiger partial charge in [0, 0.05) is 24.8 Å². The molecule has 2 heterocycles. The molecule has 0 saturated carbocycles. The Morgan fingerprint density at radius 1 is 1.50 bits per heavy atom. The lowest BCUT2D eigenvalue weighted by atomic mass is 9.89. The molecule has 6 heteroatoms. The van der Waals surface area contributed by atoms with Crippen LogP contribution in [0.15, 0.2) is 12.3 Å². The minimum atomic E-state index is -0.196. The van der Waals surface area contributed by atoms with Gasteiger partial charge in [-0.05, 0) is 38.7 Å². The first kappa shape index (κ1) is 16.5. The van der Waals surface area contributed by atoms with E-state index < -0.39 is 0 Å². The zero-order valence-corrected chi connectivity index (χ0v) is 14.0. The molecule has 1 unspecified atom stereocenters.